The summed E-state index contributed by atoms with van der Waals surface area (Å²) < 4.78 is 0. The van der Waals surface area contributed by atoms with Crippen LogP contribution in [0.2, 0.25) is 0 Å². The Balaban J connectivity index is 2.00. The van der Waals surface area contributed by atoms with E-state index >= 15 is 0 Å². The molecular formula is C16H19NO2. The van der Waals surface area contributed by atoms with Crippen LogP contribution in [-0.2, 0) is 11.2 Å². The molecule has 0 aliphatic heterocycles. The molecule has 0 amide bonds. The molecule has 0 aliphatic rings. The van der Waals surface area contributed by atoms with Gasteiger partial charge < -0.3 is 10.1 Å². The molecular weight excluding hydrogens is 238 g/mol. The van der Waals surface area contributed by atoms with Crippen molar-refractivity contribution in [1.82, 2.24) is 4.98 Å². The van der Waals surface area contributed by atoms with Gasteiger partial charge in [0.1, 0.15) is 0 Å². The minimum Gasteiger partial charge on any atom is -0.481 e. The molecule has 1 unspecified atom stereocenters. The van der Waals surface area contributed by atoms with E-state index in [1.54, 1.807) is 0 Å². The molecule has 0 radical (unpaired) electrons. The lowest BCUT2D eigenvalue weighted by Gasteiger charge is -2.13. The van der Waals surface area contributed by atoms with Gasteiger partial charge in [0.15, 0.2) is 0 Å². The van der Waals surface area contributed by atoms with E-state index in [9.17, 15) is 4.79 Å². The fraction of sp³-hybridized carbons (Fsp3) is 0.312. The van der Waals surface area contributed by atoms with E-state index in [0.29, 0.717) is 0 Å². The standard InChI is InChI=1S/C16H19NO2/c1-12-2-4-13(5-3-12)6-7-14(10-16(18)19)15-8-9-17-11-15/h2-5,8-9,11,14,17H,6-7,10H2,1H3,(H,18,19). The van der Waals surface area contributed by atoms with Crippen LogP contribution in [0.25, 0.3) is 0 Å². The van der Waals surface area contributed by atoms with Crippen LogP contribution in [-0.4, -0.2) is 16.1 Å². The molecule has 0 saturated carbocycles. The van der Waals surface area contributed by atoms with E-state index in [1.165, 1.54) is 11.1 Å². The molecule has 2 rings (SSSR count). The lowest BCUT2D eigenvalue weighted by atomic mass is 9.91. The van der Waals surface area contributed by atoms with Crippen molar-refractivity contribution in [3.05, 3.63) is 59.4 Å². The number of aliphatic carboxylic acids is 1. The Bertz CT molecular complexity index is 514. The summed E-state index contributed by atoms with van der Waals surface area (Å²) in [5, 5.41) is 9.01. The van der Waals surface area contributed by atoms with Gasteiger partial charge in [-0.3, -0.25) is 4.79 Å². The summed E-state index contributed by atoms with van der Waals surface area (Å²) in [6.07, 6.45) is 5.68. The maximum absolute atomic E-state index is 11.0. The van der Waals surface area contributed by atoms with E-state index in [-0.39, 0.29) is 12.3 Å². The highest BCUT2D eigenvalue weighted by atomic mass is 16.4. The monoisotopic (exact) mass is 257 g/mol. The van der Waals surface area contributed by atoms with E-state index in [1.807, 2.05) is 18.5 Å². The molecule has 3 heteroatoms. The Kier molecular flexibility index (Phi) is 4.39. The first kappa shape index (κ1) is 13.4. The average Bonchev–Trinajstić information content (AvgIpc) is 2.90. The van der Waals surface area contributed by atoms with Crippen LogP contribution in [0.1, 0.15) is 35.4 Å². The van der Waals surface area contributed by atoms with Gasteiger partial charge in [-0.05, 0) is 42.9 Å². The number of benzene rings is 1. The van der Waals surface area contributed by atoms with Crippen molar-refractivity contribution in [3.8, 4) is 0 Å². The number of carboxylic acid groups (broad SMARTS) is 1. The van der Waals surface area contributed by atoms with Gasteiger partial charge in [0.25, 0.3) is 0 Å². The number of hydrogen-bond acceptors (Lipinski definition) is 1. The van der Waals surface area contributed by atoms with Gasteiger partial charge >= 0.3 is 5.97 Å². The molecule has 19 heavy (non-hydrogen) atoms. The number of nitrogens with one attached hydrogen (secondary N) is 1. The minimum atomic E-state index is -0.741. The SMILES string of the molecule is Cc1ccc(CCC(CC(=O)O)c2cc[nH]c2)cc1. The Hall–Kier alpha value is -2.03. The fourth-order valence-corrected chi connectivity index (χ4v) is 2.28. The van der Waals surface area contributed by atoms with Crippen LogP contribution >= 0.6 is 0 Å². The van der Waals surface area contributed by atoms with Crippen molar-refractivity contribution in [2.24, 2.45) is 0 Å². The van der Waals surface area contributed by atoms with Crippen molar-refractivity contribution in [3.63, 3.8) is 0 Å². The second-order valence-corrected chi connectivity index (χ2v) is 4.96. The summed E-state index contributed by atoms with van der Waals surface area (Å²) >= 11 is 0. The molecule has 1 heterocycles. The van der Waals surface area contributed by atoms with Crippen LogP contribution in [0.3, 0.4) is 0 Å². The second-order valence-electron chi connectivity index (χ2n) is 4.96. The van der Waals surface area contributed by atoms with E-state index < -0.39 is 5.97 Å². The third kappa shape index (κ3) is 3.98. The molecule has 100 valence electrons. The topological polar surface area (TPSA) is 53.1 Å². The fourth-order valence-electron chi connectivity index (χ4n) is 2.28. The van der Waals surface area contributed by atoms with Crippen molar-refractivity contribution < 1.29 is 9.90 Å². The highest BCUT2D eigenvalue weighted by Gasteiger charge is 2.15. The van der Waals surface area contributed by atoms with Crippen LogP contribution in [0.4, 0.5) is 0 Å². The van der Waals surface area contributed by atoms with Crippen molar-refractivity contribution in [1.29, 1.82) is 0 Å². The zero-order valence-corrected chi connectivity index (χ0v) is 11.1. The van der Waals surface area contributed by atoms with Gasteiger partial charge in [0.2, 0.25) is 0 Å². The number of aromatic amines is 1. The minimum absolute atomic E-state index is 0.0741. The predicted octanol–water partition coefficient (Wildman–Crippen LogP) is 3.51. The van der Waals surface area contributed by atoms with Crippen LogP contribution < -0.4 is 0 Å². The molecule has 1 aromatic carbocycles. The first-order chi connectivity index (χ1) is 9.15. The Labute approximate surface area is 113 Å². The molecule has 2 aromatic rings. The zero-order valence-electron chi connectivity index (χ0n) is 11.1. The van der Waals surface area contributed by atoms with Gasteiger partial charge in [-0.15, -0.1) is 0 Å². The quantitative estimate of drug-likeness (QED) is 0.832. The molecule has 0 saturated heterocycles. The van der Waals surface area contributed by atoms with E-state index in [0.717, 1.165) is 18.4 Å². The third-order valence-electron chi connectivity index (χ3n) is 3.42. The normalized spacial score (nSPS) is 12.3. The molecule has 0 fully saturated rings. The Morgan fingerprint density at radius 3 is 2.58 bits per heavy atom. The molecule has 0 bridgehead atoms. The van der Waals surface area contributed by atoms with Gasteiger partial charge in [-0.1, -0.05) is 29.8 Å². The van der Waals surface area contributed by atoms with Crippen LogP contribution in [0.5, 0.6) is 0 Å². The van der Waals surface area contributed by atoms with Gasteiger partial charge in [0.05, 0.1) is 6.42 Å². The molecule has 3 nitrogen and oxygen atoms in total. The largest absolute Gasteiger partial charge is 0.481 e. The first-order valence-electron chi connectivity index (χ1n) is 6.55. The van der Waals surface area contributed by atoms with Crippen LogP contribution in [0, 0.1) is 6.92 Å². The Morgan fingerprint density at radius 2 is 2.00 bits per heavy atom. The van der Waals surface area contributed by atoms with Gasteiger partial charge in [-0.25, -0.2) is 0 Å². The maximum Gasteiger partial charge on any atom is 0.303 e. The number of aromatic nitrogens is 1. The van der Waals surface area contributed by atoms with Crippen molar-refractivity contribution in [2.45, 2.75) is 32.1 Å². The number of carbonyl (C=O) groups is 1. The van der Waals surface area contributed by atoms with E-state index in [2.05, 4.69) is 36.2 Å². The smallest absolute Gasteiger partial charge is 0.303 e. The number of hydrogen-bond donors (Lipinski definition) is 2. The predicted molar refractivity (Wildman–Crippen MR) is 75.3 cm³/mol. The molecule has 2 N–H and O–H groups in total. The summed E-state index contributed by atoms with van der Waals surface area (Å²) in [5.41, 5.74) is 3.59. The summed E-state index contributed by atoms with van der Waals surface area (Å²) in [4.78, 5) is 13.9. The lowest BCUT2D eigenvalue weighted by molar-refractivity contribution is -0.137. The lowest BCUT2D eigenvalue weighted by Crippen LogP contribution is -2.07. The molecule has 0 spiro atoms. The summed E-state index contributed by atoms with van der Waals surface area (Å²) in [5.74, 6) is -0.667. The number of H-pyrrole nitrogens is 1. The number of aryl methyl sites for hydroxylation is 2. The highest BCUT2D eigenvalue weighted by molar-refractivity contribution is 5.68. The van der Waals surface area contributed by atoms with E-state index in [4.69, 9.17) is 5.11 Å². The van der Waals surface area contributed by atoms with Crippen LogP contribution in [0.15, 0.2) is 42.7 Å². The second kappa shape index (κ2) is 6.23. The first-order valence-corrected chi connectivity index (χ1v) is 6.55. The van der Waals surface area contributed by atoms with Crippen molar-refractivity contribution >= 4 is 5.97 Å². The average molecular weight is 257 g/mol. The maximum atomic E-state index is 11.0. The van der Waals surface area contributed by atoms with Crippen molar-refractivity contribution in [2.75, 3.05) is 0 Å². The Morgan fingerprint density at radius 1 is 1.26 bits per heavy atom. The summed E-state index contributed by atoms with van der Waals surface area (Å²) in [6, 6.07) is 10.4. The third-order valence-corrected chi connectivity index (χ3v) is 3.42. The van der Waals surface area contributed by atoms with Gasteiger partial charge in [-0.2, -0.15) is 0 Å². The van der Waals surface area contributed by atoms with Gasteiger partial charge in [0, 0.05) is 12.4 Å². The number of carboxylic acids is 1. The molecule has 1 aromatic heterocycles. The highest BCUT2D eigenvalue weighted by Crippen LogP contribution is 2.25. The molecule has 0 aliphatic carbocycles. The summed E-state index contributed by atoms with van der Waals surface area (Å²) in [7, 11) is 0. The zero-order chi connectivity index (χ0) is 13.7. The molecule has 1 atom stereocenters. The number of rotatable bonds is 6. The summed E-state index contributed by atoms with van der Waals surface area (Å²) in [6.45, 7) is 2.07.